The largest absolute Gasteiger partial charge is 0.453 e. The molecule has 4 rings (SSSR count). The van der Waals surface area contributed by atoms with E-state index >= 15 is 0 Å². The van der Waals surface area contributed by atoms with Crippen LogP contribution < -0.4 is 15.4 Å². The molecule has 0 aliphatic rings. The molecular formula is C26H26N4O5S3. The predicted molar refractivity (Wildman–Crippen MR) is 150 cm³/mol. The molecule has 2 aromatic heterocycles. The van der Waals surface area contributed by atoms with Crippen molar-refractivity contribution >= 4 is 51.3 Å². The van der Waals surface area contributed by atoms with Crippen LogP contribution in [-0.4, -0.2) is 38.6 Å². The lowest BCUT2D eigenvalue weighted by atomic mass is 10.0. The van der Waals surface area contributed by atoms with Crippen LogP contribution in [-0.2, 0) is 33.3 Å². The maximum Gasteiger partial charge on any atom is 0.407 e. The molecule has 2 heterocycles. The predicted octanol–water partition coefficient (Wildman–Crippen LogP) is 4.18. The van der Waals surface area contributed by atoms with Gasteiger partial charge in [-0.25, -0.2) is 18.2 Å². The smallest absolute Gasteiger partial charge is 0.407 e. The Bertz CT molecular complexity index is 1410. The van der Waals surface area contributed by atoms with Gasteiger partial charge < -0.3 is 15.4 Å². The molecular weight excluding hydrogens is 545 g/mol. The van der Waals surface area contributed by atoms with Crippen molar-refractivity contribution in [2.24, 2.45) is 0 Å². The number of aromatic nitrogens is 1. The molecule has 0 spiro atoms. The molecule has 38 heavy (non-hydrogen) atoms. The van der Waals surface area contributed by atoms with E-state index in [1.807, 2.05) is 53.2 Å². The van der Waals surface area contributed by atoms with Crippen LogP contribution in [0.2, 0.25) is 0 Å². The van der Waals surface area contributed by atoms with E-state index in [4.69, 9.17) is 9.72 Å². The van der Waals surface area contributed by atoms with Crippen molar-refractivity contribution < 1.29 is 22.7 Å². The normalized spacial score (nSPS) is 12.5. The Labute approximate surface area is 230 Å². The summed E-state index contributed by atoms with van der Waals surface area (Å²) in [4.78, 5) is 31.4. The molecule has 12 heteroatoms. The van der Waals surface area contributed by atoms with E-state index in [0.29, 0.717) is 17.8 Å². The number of carbonyl (C=O) groups excluding carboxylic acids is 2. The van der Waals surface area contributed by atoms with Crippen molar-refractivity contribution in [2.75, 3.05) is 11.8 Å². The first-order valence-corrected chi connectivity index (χ1v) is 14.5. The highest BCUT2D eigenvalue weighted by Crippen LogP contribution is 2.31. The number of hydrogen-bond donors (Lipinski definition) is 4. The first kappa shape index (κ1) is 27.3. The molecule has 0 radical (unpaired) electrons. The number of anilines is 1. The van der Waals surface area contributed by atoms with Gasteiger partial charge in [0.2, 0.25) is 16.8 Å². The number of ether oxygens (including phenoxy) is 1. The van der Waals surface area contributed by atoms with Crippen LogP contribution in [0.4, 0.5) is 10.5 Å². The molecule has 0 aliphatic carbocycles. The molecule has 2 atom stereocenters. The molecule has 3 N–H and O–H groups in total. The standard InChI is InChI=1S/C26H26N4O5S3/c1-35-26(32)29-21(15-17-6-3-2-4-7-17)24(31)27-20(14-18-9-11-19(12-10-18)30-38(33)34)22-16-37-25(28-22)23-8-5-13-36-23/h2-13,16,20-21,38H,14-15H2,1H3,(H,27,31)(H,29,32)(H,30,33,34)/t20-,21-/m1/s1. The second-order valence-corrected chi connectivity index (χ2v) is 10.8. The number of alkyl carbamates (subject to hydrolysis) is 1. The lowest BCUT2D eigenvalue weighted by Crippen LogP contribution is -2.49. The molecule has 2 aromatic carbocycles. The molecule has 0 fully saturated rings. The molecule has 2 amide bonds. The lowest BCUT2D eigenvalue weighted by Gasteiger charge is -2.23. The van der Waals surface area contributed by atoms with E-state index < -0.39 is 29.1 Å². The van der Waals surface area contributed by atoms with Crippen LogP contribution in [0.3, 0.4) is 0 Å². The van der Waals surface area contributed by atoms with Gasteiger partial charge in [-0.1, -0.05) is 48.5 Å². The van der Waals surface area contributed by atoms with Crippen LogP contribution in [0, 0.1) is 0 Å². The minimum atomic E-state index is -2.76. The topological polar surface area (TPSA) is 126 Å². The van der Waals surface area contributed by atoms with Gasteiger partial charge in [0.15, 0.2) is 0 Å². The van der Waals surface area contributed by atoms with Gasteiger partial charge in [0.25, 0.3) is 0 Å². The highest BCUT2D eigenvalue weighted by atomic mass is 32.2. The van der Waals surface area contributed by atoms with Gasteiger partial charge >= 0.3 is 6.09 Å². The van der Waals surface area contributed by atoms with Crippen LogP contribution in [0.1, 0.15) is 22.9 Å². The fourth-order valence-electron chi connectivity index (χ4n) is 3.78. The van der Waals surface area contributed by atoms with Crippen molar-refractivity contribution in [1.29, 1.82) is 0 Å². The van der Waals surface area contributed by atoms with Crippen molar-refractivity contribution in [2.45, 2.75) is 24.9 Å². The zero-order chi connectivity index (χ0) is 26.9. The number of rotatable bonds is 11. The third kappa shape index (κ3) is 7.63. The second-order valence-electron chi connectivity index (χ2n) is 8.26. The minimum Gasteiger partial charge on any atom is -0.453 e. The number of thiazole rings is 1. The summed E-state index contributed by atoms with van der Waals surface area (Å²) in [7, 11) is -1.51. The van der Waals surface area contributed by atoms with Crippen molar-refractivity contribution in [3.8, 4) is 9.88 Å². The highest BCUT2D eigenvalue weighted by molar-refractivity contribution is 7.73. The van der Waals surface area contributed by atoms with Gasteiger partial charge in [-0.15, -0.1) is 22.7 Å². The van der Waals surface area contributed by atoms with Gasteiger partial charge in [0.05, 0.1) is 23.7 Å². The first-order chi connectivity index (χ1) is 18.4. The summed E-state index contributed by atoms with van der Waals surface area (Å²) in [6.45, 7) is 0. The van der Waals surface area contributed by atoms with Gasteiger partial charge in [0.1, 0.15) is 11.0 Å². The molecule has 198 valence electrons. The third-order valence-electron chi connectivity index (χ3n) is 5.62. The van der Waals surface area contributed by atoms with E-state index in [1.165, 1.54) is 18.4 Å². The van der Waals surface area contributed by atoms with Crippen LogP contribution in [0.15, 0.2) is 77.5 Å². The molecule has 0 unspecified atom stereocenters. The summed E-state index contributed by atoms with van der Waals surface area (Å²) in [5.41, 5.74) is 2.89. The van der Waals surface area contributed by atoms with Crippen molar-refractivity contribution in [1.82, 2.24) is 15.6 Å². The van der Waals surface area contributed by atoms with E-state index in [-0.39, 0.29) is 12.3 Å². The third-order valence-corrected chi connectivity index (χ3v) is 7.96. The number of thiophene rings is 1. The maximum atomic E-state index is 13.5. The Hall–Kier alpha value is -3.74. The summed E-state index contributed by atoms with van der Waals surface area (Å²) >= 11 is 3.07. The number of carbonyl (C=O) groups is 2. The zero-order valence-corrected chi connectivity index (χ0v) is 22.9. The quantitative estimate of drug-likeness (QED) is 0.201. The summed E-state index contributed by atoms with van der Waals surface area (Å²) in [6, 6.07) is 18.9. The van der Waals surface area contributed by atoms with Gasteiger partial charge in [-0.3, -0.25) is 9.52 Å². The van der Waals surface area contributed by atoms with Crippen LogP contribution >= 0.6 is 22.7 Å². The van der Waals surface area contributed by atoms with E-state index in [2.05, 4.69) is 15.4 Å². The Balaban J connectivity index is 1.59. The Kier molecular flexibility index (Phi) is 9.46. The fraction of sp³-hybridized carbons (Fsp3) is 0.192. The van der Waals surface area contributed by atoms with Crippen molar-refractivity contribution in [3.05, 3.63) is 94.3 Å². The summed E-state index contributed by atoms with van der Waals surface area (Å²) in [5, 5.41) is 10.4. The number of hydrogen-bond acceptors (Lipinski definition) is 8. The highest BCUT2D eigenvalue weighted by Gasteiger charge is 2.26. The average molecular weight is 571 g/mol. The Morgan fingerprint density at radius 1 is 0.921 bits per heavy atom. The number of nitrogens with zero attached hydrogens (tertiary/aromatic N) is 1. The van der Waals surface area contributed by atoms with Gasteiger partial charge in [-0.05, 0) is 41.1 Å². The monoisotopic (exact) mass is 570 g/mol. The molecule has 4 aromatic rings. The molecule has 0 saturated heterocycles. The summed E-state index contributed by atoms with van der Waals surface area (Å²) in [6.07, 6.45) is -0.0230. The number of amides is 2. The molecule has 0 bridgehead atoms. The Morgan fingerprint density at radius 3 is 2.32 bits per heavy atom. The second kappa shape index (κ2) is 13.2. The molecule has 9 nitrogen and oxygen atoms in total. The lowest BCUT2D eigenvalue weighted by molar-refractivity contribution is -0.123. The van der Waals surface area contributed by atoms with Crippen LogP contribution in [0.25, 0.3) is 9.88 Å². The first-order valence-electron chi connectivity index (χ1n) is 11.6. The SMILES string of the molecule is COC(=O)N[C@H](Cc1ccccc1)C(=O)N[C@H](Cc1ccc(N[SH](=O)=O)cc1)c1csc(-c2cccs2)n1. The number of benzene rings is 2. The van der Waals surface area contributed by atoms with E-state index in [0.717, 1.165) is 21.0 Å². The average Bonchev–Trinajstić information content (AvgIpc) is 3.62. The Morgan fingerprint density at radius 2 is 1.66 bits per heavy atom. The minimum absolute atomic E-state index is 0.278. The van der Waals surface area contributed by atoms with E-state index in [9.17, 15) is 18.0 Å². The zero-order valence-electron chi connectivity index (χ0n) is 20.3. The van der Waals surface area contributed by atoms with Crippen LogP contribution in [0.5, 0.6) is 0 Å². The van der Waals surface area contributed by atoms with Gasteiger partial charge in [-0.2, -0.15) is 0 Å². The summed E-state index contributed by atoms with van der Waals surface area (Å²) in [5.74, 6) is -0.378. The molecule has 0 saturated carbocycles. The van der Waals surface area contributed by atoms with Crippen molar-refractivity contribution in [3.63, 3.8) is 0 Å². The number of thiol groups is 1. The molecule has 0 aliphatic heterocycles. The number of methoxy groups -OCH3 is 1. The fourth-order valence-corrected chi connectivity index (χ4v) is 5.83. The van der Waals surface area contributed by atoms with Gasteiger partial charge in [0, 0.05) is 17.5 Å². The summed E-state index contributed by atoms with van der Waals surface area (Å²) < 4.78 is 29.0. The maximum absolute atomic E-state index is 13.5. The van der Waals surface area contributed by atoms with E-state index in [1.54, 1.807) is 35.6 Å². The number of nitrogens with one attached hydrogen (secondary N) is 3.